The van der Waals surface area contributed by atoms with Gasteiger partial charge in [0.1, 0.15) is 0 Å². The monoisotopic (exact) mass is 318 g/mol. The van der Waals surface area contributed by atoms with Gasteiger partial charge >= 0.3 is 0 Å². The van der Waals surface area contributed by atoms with Gasteiger partial charge in [0, 0.05) is 32.1 Å². The summed E-state index contributed by atoms with van der Waals surface area (Å²) in [6.07, 6.45) is 2.88. The number of piperidine rings is 1. The quantitative estimate of drug-likeness (QED) is 0.812. The molecule has 1 aliphatic heterocycles. The highest BCUT2D eigenvalue weighted by molar-refractivity contribution is 5.76. The maximum atomic E-state index is 12.1. The van der Waals surface area contributed by atoms with Gasteiger partial charge in [-0.1, -0.05) is 44.2 Å². The van der Waals surface area contributed by atoms with Gasteiger partial charge in [0.05, 0.1) is 6.10 Å². The fraction of sp³-hybridized carbons (Fsp3) is 0.632. The van der Waals surface area contributed by atoms with Crippen molar-refractivity contribution in [3.8, 4) is 0 Å². The summed E-state index contributed by atoms with van der Waals surface area (Å²) in [4.78, 5) is 14.1. The molecule has 1 aromatic rings. The van der Waals surface area contributed by atoms with Crippen molar-refractivity contribution in [2.24, 2.45) is 5.92 Å². The molecule has 0 aliphatic carbocycles. The van der Waals surface area contributed by atoms with Gasteiger partial charge < -0.3 is 15.3 Å². The van der Waals surface area contributed by atoms with Crippen molar-refractivity contribution < 1.29 is 9.90 Å². The first kappa shape index (κ1) is 18.0. The van der Waals surface area contributed by atoms with Crippen LogP contribution in [0.2, 0.25) is 0 Å². The fourth-order valence-corrected chi connectivity index (χ4v) is 3.36. The van der Waals surface area contributed by atoms with E-state index in [9.17, 15) is 9.90 Å². The number of carbonyl (C=O) groups excluding carboxylic acids is 1. The Hall–Kier alpha value is -1.39. The van der Waals surface area contributed by atoms with E-state index in [4.69, 9.17) is 0 Å². The summed E-state index contributed by atoms with van der Waals surface area (Å²) < 4.78 is 0. The number of nitrogens with zero attached hydrogens (tertiary/aromatic N) is 1. The number of aliphatic hydroxyl groups is 1. The van der Waals surface area contributed by atoms with E-state index in [1.807, 2.05) is 36.9 Å². The van der Waals surface area contributed by atoms with Crippen molar-refractivity contribution in [3.05, 3.63) is 35.9 Å². The highest BCUT2D eigenvalue weighted by Gasteiger charge is 2.30. The van der Waals surface area contributed by atoms with Gasteiger partial charge in [-0.25, -0.2) is 0 Å². The third-order valence-electron chi connectivity index (χ3n) is 4.71. The summed E-state index contributed by atoms with van der Waals surface area (Å²) in [5.74, 6) is 0.592. The predicted molar refractivity (Wildman–Crippen MR) is 93.0 cm³/mol. The van der Waals surface area contributed by atoms with Gasteiger partial charge in [-0.05, 0) is 30.7 Å². The second kappa shape index (κ2) is 9.04. The van der Waals surface area contributed by atoms with Gasteiger partial charge in [-0.2, -0.15) is 0 Å². The Morgan fingerprint density at radius 1 is 1.30 bits per heavy atom. The zero-order chi connectivity index (χ0) is 16.7. The van der Waals surface area contributed by atoms with Gasteiger partial charge in [-0.15, -0.1) is 0 Å². The predicted octanol–water partition coefficient (Wildman–Crippen LogP) is 2.56. The maximum absolute atomic E-state index is 12.1. The van der Waals surface area contributed by atoms with Crippen molar-refractivity contribution in [3.63, 3.8) is 0 Å². The van der Waals surface area contributed by atoms with Crippen LogP contribution in [0.3, 0.4) is 0 Å². The minimum absolute atomic E-state index is 0.215. The van der Waals surface area contributed by atoms with Gasteiger partial charge in [0.15, 0.2) is 0 Å². The van der Waals surface area contributed by atoms with Crippen molar-refractivity contribution >= 4 is 5.91 Å². The lowest BCUT2D eigenvalue weighted by Crippen LogP contribution is -2.51. The van der Waals surface area contributed by atoms with E-state index in [0.29, 0.717) is 18.4 Å². The Bertz CT molecular complexity index is 478. The maximum Gasteiger partial charge on any atom is 0.222 e. The molecule has 1 aliphatic rings. The molecule has 1 heterocycles. The normalized spacial score (nSPS) is 22.8. The molecule has 1 saturated heterocycles. The number of amides is 1. The van der Waals surface area contributed by atoms with Crippen LogP contribution in [-0.2, 0) is 11.3 Å². The van der Waals surface area contributed by atoms with E-state index in [1.165, 1.54) is 5.56 Å². The van der Waals surface area contributed by atoms with Gasteiger partial charge in [-0.3, -0.25) is 4.79 Å². The van der Waals surface area contributed by atoms with Crippen molar-refractivity contribution in [2.75, 3.05) is 13.1 Å². The molecule has 2 N–H and O–H groups in total. The first-order chi connectivity index (χ1) is 11.1. The number of hydrogen-bond acceptors (Lipinski definition) is 3. The Morgan fingerprint density at radius 2 is 2.04 bits per heavy atom. The lowest BCUT2D eigenvalue weighted by atomic mass is 9.88. The van der Waals surface area contributed by atoms with E-state index >= 15 is 0 Å². The van der Waals surface area contributed by atoms with E-state index in [0.717, 1.165) is 38.9 Å². The second-order valence-corrected chi connectivity index (χ2v) is 6.62. The molecular formula is C19H30N2O2. The molecule has 0 saturated carbocycles. The van der Waals surface area contributed by atoms with E-state index in [-0.39, 0.29) is 12.0 Å². The molecule has 23 heavy (non-hydrogen) atoms. The summed E-state index contributed by atoms with van der Waals surface area (Å²) >= 11 is 0. The first-order valence-electron chi connectivity index (χ1n) is 8.85. The molecule has 128 valence electrons. The van der Waals surface area contributed by atoms with Crippen LogP contribution in [0.1, 0.15) is 45.1 Å². The number of hydrogen-bond donors (Lipinski definition) is 2. The summed E-state index contributed by atoms with van der Waals surface area (Å²) in [6, 6.07) is 10.6. The molecule has 1 amide bonds. The summed E-state index contributed by atoms with van der Waals surface area (Å²) in [5, 5.41) is 13.6. The lowest BCUT2D eigenvalue weighted by Gasteiger charge is -2.39. The third kappa shape index (κ3) is 5.63. The van der Waals surface area contributed by atoms with Crippen molar-refractivity contribution in [1.82, 2.24) is 10.2 Å². The number of nitrogens with one attached hydrogen (secondary N) is 1. The van der Waals surface area contributed by atoms with Crippen LogP contribution in [0, 0.1) is 5.92 Å². The van der Waals surface area contributed by atoms with Gasteiger partial charge in [0.25, 0.3) is 0 Å². The standard InChI is InChI=1S/C19H30N2O2/c1-3-18(22)11-16-10-17(14-21(13-16)19(23)4-2)20-12-15-8-6-5-7-9-15/h5-9,16-18,20,22H,3-4,10-14H2,1-2H3. The molecule has 0 radical (unpaired) electrons. The summed E-state index contributed by atoms with van der Waals surface area (Å²) in [6.45, 7) is 6.31. The van der Waals surface area contributed by atoms with Crippen molar-refractivity contribution in [1.29, 1.82) is 0 Å². The Balaban J connectivity index is 1.94. The minimum Gasteiger partial charge on any atom is -0.393 e. The molecular weight excluding hydrogens is 288 g/mol. The molecule has 0 spiro atoms. The highest BCUT2D eigenvalue weighted by Crippen LogP contribution is 2.23. The molecule has 0 aromatic heterocycles. The number of aliphatic hydroxyl groups excluding tert-OH is 1. The molecule has 3 unspecified atom stereocenters. The largest absolute Gasteiger partial charge is 0.393 e. The molecule has 1 fully saturated rings. The van der Waals surface area contributed by atoms with E-state index in [1.54, 1.807) is 0 Å². The number of likely N-dealkylation sites (tertiary alicyclic amines) is 1. The number of carbonyl (C=O) groups is 1. The Labute approximate surface area is 139 Å². The van der Waals surface area contributed by atoms with Crippen molar-refractivity contribution in [2.45, 2.75) is 58.2 Å². The van der Waals surface area contributed by atoms with E-state index < -0.39 is 0 Å². The van der Waals surface area contributed by atoms with Crippen LogP contribution in [-0.4, -0.2) is 41.1 Å². The van der Waals surface area contributed by atoms with Crippen LogP contribution in [0.5, 0.6) is 0 Å². The first-order valence-corrected chi connectivity index (χ1v) is 8.85. The zero-order valence-corrected chi connectivity index (χ0v) is 14.4. The Kier molecular flexibility index (Phi) is 7.06. The van der Waals surface area contributed by atoms with Gasteiger partial charge in [0.2, 0.25) is 5.91 Å². The zero-order valence-electron chi connectivity index (χ0n) is 14.4. The second-order valence-electron chi connectivity index (χ2n) is 6.62. The van der Waals surface area contributed by atoms with Crippen LogP contribution < -0.4 is 5.32 Å². The molecule has 0 bridgehead atoms. The highest BCUT2D eigenvalue weighted by atomic mass is 16.3. The van der Waals surface area contributed by atoms with Crippen LogP contribution in [0.15, 0.2) is 30.3 Å². The van der Waals surface area contributed by atoms with E-state index in [2.05, 4.69) is 17.4 Å². The fourth-order valence-electron chi connectivity index (χ4n) is 3.36. The average molecular weight is 318 g/mol. The topological polar surface area (TPSA) is 52.6 Å². The lowest BCUT2D eigenvalue weighted by molar-refractivity contribution is -0.133. The third-order valence-corrected chi connectivity index (χ3v) is 4.71. The molecule has 4 nitrogen and oxygen atoms in total. The number of benzene rings is 1. The SMILES string of the molecule is CCC(=O)N1CC(CC(O)CC)CC(NCc2ccccc2)C1. The smallest absolute Gasteiger partial charge is 0.222 e. The van der Waals surface area contributed by atoms with Crippen LogP contribution >= 0.6 is 0 Å². The summed E-state index contributed by atoms with van der Waals surface area (Å²) in [5.41, 5.74) is 1.26. The molecule has 1 aromatic carbocycles. The number of rotatable bonds is 7. The van der Waals surface area contributed by atoms with Crippen LogP contribution in [0.25, 0.3) is 0 Å². The molecule has 2 rings (SSSR count). The summed E-state index contributed by atoms with van der Waals surface area (Å²) in [7, 11) is 0. The minimum atomic E-state index is -0.258. The molecule has 4 heteroatoms. The van der Waals surface area contributed by atoms with Crippen LogP contribution in [0.4, 0.5) is 0 Å². The molecule has 3 atom stereocenters. The Morgan fingerprint density at radius 3 is 2.70 bits per heavy atom. The average Bonchev–Trinajstić information content (AvgIpc) is 2.59.